The Labute approximate surface area is 172 Å². The van der Waals surface area contributed by atoms with E-state index in [1.54, 1.807) is 6.07 Å². The van der Waals surface area contributed by atoms with Gasteiger partial charge in [-0.3, -0.25) is 0 Å². The molecular formula is C24H30FNO3. The van der Waals surface area contributed by atoms with Crippen LogP contribution < -0.4 is 4.74 Å². The lowest BCUT2D eigenvalue weighted by Gasteiger charge is -2.32. The molecule has 0 bridgehead atoms. The third-order valence-corrected chi connectivity index (χ3v) is 5.58. The van der Waals surface area contributed by atoms with Gasteiger partial charge in [0.15, 0.2) is 0 Å². The molecule has 156 valence electrons. The predicted octanol–water partition coefficient (Wildman–Crippen LogP) is 4.98. The monoisotopic (exact) mass is 399 g/mol. The van der Waals surface area contributed by atoms with Crippen LogP contribution in [0.1, 0.15) is 36.5 Å². The van der Waals surface area contributed by atoms with Crippen LogP contribution in [0.2, 0.25) is 0 Å². The molecule has 1 fully saturated rings. The summed E-state index contributed by atoms with van der Waals surface area (Å²) in [6, 6.07) is 15.6. The quantitative estimate of drug-likeness (QED) is 0.587. The van der Waals surface area contributed by atoms with E-state index in [1.807, 2.05) is 49.4 Å². The molecule has 4 nitrogen and oxygen atoms in total. The summed E-state index contributed by atoms with van der Waals surface area (Å²) < 4.78 is 24.6. The van der Waals surface area contributed by atoms with E-state index in [0.717, 1.165) is 37.1 Å². The topological polar surface area (TPSA) is 38.8 Å². The van der Waals surface area contributed by atoms with Crippen molar-refractivity contribution in [3.8, 4) is 16.9 Å². The highest BCUT2D eigenvalue weighted by atomic mass is 19.1. The zero-order valence-corrected chi connectivity index (χ0v) is 17.3. The molecule has 0 N–H and O–H groups in total. The first-order valence-electron chi connectivity index (χ1n) is 10.4. The van der Waals surface area contributed by atoms with E-state index in [2.05, 4.69) is 4.90 Å². The number of methoxy groups -OCH3 is 1. The standard InChI is InChI=1S/C24H30FNO3/c1-3-21(25)16-26-13-11-18(12-14-26)17-29-23-15-20(19-7-5-4-6-8-19)9-10-22(23)24(27)28-2/h4-10,15,18,21H,3,11-14,16-17H2,1-2H3. The van der Waals surface area contributed by atoms with Crippen LogP contribution in [-0.4, -0.2) is 50.4 Å². The van der Waals surface area contributed by atoms with Crippen LogP contribution >= 0.6 is 0 Å². The van der Waals surface area contributed by atoms with Crippen molar-refractivity contribution in [2.75, 3.05) is 33.4 Å². The first kappa shape index (κ1) is 21.3. The zero-order chi connectivity index (χ0) is 20.6. The number of alkyl halides is 1. The second-order valence-corrected chi connectivity index (χ2v) is 7.63. The molecular weight excluding hydrogens is 369 g/mol. The summed E-state index contributed by atoms with van der Waals surface area (Å²) in [7, 11) is 1.38. The third kappa shape index (κ3) is 5.80. The van der Waals surface area contributed by atoms with Crippen molar-refractivity contribution < 1.29 is 18.7 Å². The van der Waals surface area contributed by atoms with Crippen LogP contribution in [0, 0.1) is 5.92 Å². The van der Waals surface area contributed by atoms with Crippen LogP contribution in [0.15, 0.2) is 48.5 Å². The van der Waals surface area contributed by atoms with Gasteiger partial charge in [-0.25, -0.2) is 9.18 Å². The lowest BCUT2D eigenvalue weighted by molar-refractivity contribution is 0.0593. The van der Waals surface area contributed by atoms with Crippen LogP contribution in [0.5, 0.6) is 5.75 Å². The van der Waals surface area contributed by atoms with Crippen LogP contribution in [0.4, 0.5) is 4.39 Å². The Bertz CT molecular complexity index is 788. The van der Waals surface area contributed by atoms with E-state index < -0.39 is 12.1 Å². The number of piperidine rings is 1. The number of hydrogen-bond acceptors (Lipinski definition) is 4. The minimum atomic E-state index is -0.744. The molecule has 0 aliphatic carbocycles. The number of hydrogen-bond donors (Lipinski definition) is 0. The average molecular weight is 400 g/mol. The number of esters is 1. The maximum Gasteiger partial charge on any atom is 0.341 e. The molecule has 2 aromatic carbocycles. The number of likely N-dealkylation sites (tertiary alicyclic amines) is 1. The number of benzene rings is 2. The number of rotatable bonds is 8. The Morgan fingerprint density at radius 1 is 1.14 bits per heavy atom. The molecule has 1 saturated heterocycles. The minimum absolute atomic E-state index is 0.400. The molecule has 1 heterocycles. The van der Waals surface area contributed by atoms with Crippen molar-refractivity contribution in [1.82, 2.24) is 4.90 Å². The summed E-state index contributed by atoms with van der Waals surface area (Å²) in [6.07, 6.45) is 1.77. The van der Waals surface area contributed by atoms with Gasteiger partial charge in [0.05, 0.1) is 13.7 Å². The molecule has 0 radical (unpaired) electrons. The van der Waals surface area contributed by atoms with Crippen molar-refractivity contribution in [3.63, 3.8) is 0 Å². The summed E-state index contributed by atoms with van der Waals surface area (Å²) in [5, 5.41) is 0. The molecule has 3 rings (SSSR count). The Morgan fingerprint density at radius 2 is 1.86 bits per heavy atom. The van der Waals surface area contributed by atoms with Crippen molar-refractivity contribution >= 4 is 5.97 Å². The third-order valence-electron chi connectivity index (χ3n) is 5.58. The van der Waals surface area contributed by atoms with Gasteiger partial charge in [-0.2, -0.15) is 0 Å². The summed E-state index contributed by atoms with van der Waals surface area (Å²) in [5.41, 5.74) is 2.50. The van der Waals surface area contributed by atoms with E-state index in [0.29, 0.717) is 36.8 Å². The molecule has 0 amide bonds. The highest BCUT2D eigenvalue weighted by Gasteiger charge is 2.22. The molecule has 2 aromatic rings. The normalized spacial score (nSPS) is 16.4. The van der Waals surface area contributed by atoms with Gasteiger partial charge in [0.1, 0.15) is 17.5 Å². The predicted molar refractivity (Wildman–Crippen MR) is 113 cm³/mol. The molecule has 1 atom stereocenters. The van der Waals surface area contributed by atoms with Crippen molar-refractivity contribution in [2.45, 2.75) is 32.4 Å². The summed E-state index contributed by atoms with van der Waals surface area (Å²) >= 11 is 0. The Balaban J connectivity index is 1.65. The first-order chi connectivity index (χ1) is 14.1. The molecule has 1 aliphatic rings. The maximum atomic E-state index is 13.6. The Kier molecular flexibility index (Phi) is 7.64. The smallest absolute Gasteiger partial charge is 0.341 e. The van der Waals surface area contributed by atoms with Crippen molar-refractivity contribution in [3.05, 3.63) is 54.1 Å². The zero-order valence-electron chi connectivity index (χ0n) is 17.3. The highest BCUT2D eigenvalue weighted by molar-refractivity contribution is 5.93. The number of carbonyl (C=O) groups is 1. The fourth-order valence-corrected chi connectivity index (χ4v) is 3.68. The molecule has 0 saturated carbocycles. The van der Waals surface area contributed by atoms with Gasteiger partial charge < -0.3 is 14.4 Å². The maximum absolute atomic E-state index is 13.6. The van der Waals surface area contributed by atoms with Gasteiger partial charge in [-0.15, -0.1) is 0 Å². The second-order valence-electron chi connectivity index (χ2n) is 7.63. The molecule has 1 aliphatic heterocycles. The van der Waals surface area contributed by atoms with Gasteiger partial charge in [0.2, 0.25) is 0 Å². The van der Waals surface area contributed by atoms with E-state index in [1.165, 1.54) is 7.11 Å². The van der Waals surface area contributed by atoms with Gasteiger partial charge in [-0.1, -0.05) is 43.3 Å². The van der Waals surface area contributed by atoms with Crippen LogP contribution in [0.3, 0.4) is 0 Å². The summed E-state index contributed by atoms with van der Waals surface area (Å²) in [5.74, 6) is 0.551. The van der Waals surface area contributed by atoms with Gasteiger partial charge in [0, 0.05) is 6.54 Å². The van der Waals surface area contributed by atoms with E-state index in [4.69, 9.17) is 9.47 Å². The molecule has 5 heteroatoms. The van der Waals surface area contributed by atoms with Gasteiger partial charge in [0.25, 0.3) is 0 Å². The first-order valence-corrected chi connectivity index (χ1v) is 10.4. The van der Waals surface area contributed by atoms with Gasteiger partial charge >= 0.3 is 5.97 Å². The highest BCUT2D eigenvalue weighted by Crippen LogP contribution is 2.29. The average Bonchev–Trinajstić information content (AvgIpc) is 2.78. The van der Waals surface area contributed by atoms with E-state index in [9.17, 15) is 9.18 Å². The van der Waals surface area contributed by atoms with E-state index >= 15 is 0 Å². The summed E-state index contributed by atoms with van der Waals surface area (Å²) in [6.45, 7) is 4.73. The second kappa shape index (κ2) is 10.4. The number of carbonyl (C=O) groups excluding carboxylic acids is 1. The Hall–Kier alpha value is -2.40. The number of nitrogens with zero attached hydrogens (tertiary/aromatic N) is 1. The minimum Gasteiger partial charge on any atom is -0.492 e. The fourth-order valence-electron chi connectivity index (χ4n) is 3.68. The SMILES string of the molecule is CCC(F)CN1CCC(COc2cc(-c3ccccc3)ccc2C(=O)OC)CC1. The van der Waals surface area contributed by atoms with Crippen LogP contribution in [0.25, 0.3) is 11.1 Å². The number of ether oxygens (including phenoxy) is 2. The molecule has 29 heavy (non-hydrogen) atoms. The van der Waals surface area contributed by atoms with Crippen LogP contribution in [-0.2, 0) is 4.74 Å². The van der Waals surface area contributed by atoms with Gasteiger partial charge in [-0.05, 0) is 61.5 Å². The fraction of sp³-hybridized carbons (Fsp3) is 0.458. The molecule has 0 spiro atoms. The van der Waals surface area contributed by atoms with E-state index in [-0.39, 0.29) is 0 Å². The largest absolute Gasteiger partial charge is 0.492 e. The van der Waals surface area contributed by atoms with Crippen molar-refractivity contribution in [1.29, 1.82) is 0 Å². The summed E-state index contributed by atoms with van der Waals surface area (Å²) in [4.78, 5) is 14.4. The number of halogens is 1. The molecule has 0 aromatic heterocycles. The Morgan fingerprint density at radius 3 is 2.52 bits per heavy atom. The molecule has 1 unspecified atom stereocenters. The lowest BCUT2D eigenvalue weighted by atomic mass is 9.97. The van der Waals surface area contributed by atoms with Crippen molar-refractivity contribution in [2.24, 2.45) is 5.92 Å². The lowest BCUT2D eigenvalue weighted by Crippen LogP contribution is -2.38.